The number of aromatic nitrogens is 5. The molecule has 3 rings (SSSR count). The molecule has 0 atom stereocenters. The molecule has 0 spiro atoms. The summed E-state index contributed by atoms with van der Waals surface area (Å²) in [6.45, 7) is 3.66. The van der Waals surface area contributed by atoms with E-state index in [2.05, 4.69) is 24.9 Å². The van der Waals surface area contributed by atoms with Crippen LogP contribution in [0, 0.1) is 13.8 Å². The van der Waals surface area contributed by atoms with E-state index in [4.69, 9.17) is 4.74 Å². The molecular weight excluding hydrogens is 372 g/mol. The Kier molecular flexibility index (Phi) is 5.77. The standard InChI is InChI=1S/C20H20N6O3/c1-12-7-14(8-13(2)17(12)27)5-6-16-23-18(25-20(24-16)26(3)4)19(28)29-15-9-21-11-22-10-15/h5-11,27H,1-4H3. The Hall–Kier alpha value is -3.88. The van der Waals surface area contributed by atoms with Crippen molar-refractivity contribution in [1.29, 1.82) is 0 Å². The maximum Gasteiger partial charge on any atom is 0.382 e. The normalized spacial score (nSPS) is 10.9. The Labute approximate surface area is 167 Å². The molecule has 3 aromatic rings. The second-order valence-electron chi connectivity index (χ2n) is 6.51. The van der Waals surface area contributed by atoms with Crippen molar-refractivity contribution in [2.75, 3.05) is 19.0 Å². The van der Waals surface area contributed by atoms with Crippen molar-refractivity contribution in [3.63, 3.8) is 0 Å². The molecule has 0 aliphatic rings. The molecule has 9 nitrogen and oxygen atoms in total. The van der Waals surface area contributed by atoms with Crippen LogP contribution in [-0.4, -0.2) is 50.1 Å². The van der Waals surface area contributed by atoms with E-state index in [0.717, 1.165) is 16.7 Å². The van der Waals surface area contributed by atoms with E-state index >= 15 is 0 Å². The predicted molar refractivity (Wildman–Crippen MR) is 108 cm³/mol. The fourth-order valence-corrected chi connectivity index (χ4v) is 2.49. The van der Waals surface area contributed by atoms with Crippen LogP contribution in [-0.2, 0) is 0 Å². The number of esters is 1. The number of aromatic hydroxyl groups is 1. The smallest absolute Gasteiger partial charge is 0.382 e. The molecule has 0 aliphatic heterocycles. The minimum Gasteiger partial charge on any atom is -0.507 e. The van der Waals surface area contributed by atoms with E-state index in [1.54, 1.807) is 31.1 Å². The van der Waals surface area contributed by atoms with Crippen LogP contribution >= 0.6 is 0 Å². The fourth-order valence-electron chi connectivity index (χ4n) is 2.49. The highest BCUT2D eigenvalue weighted by Crippen LogP contribution is 2.24. The Morgan fingerprint density at radius 3 is 2.31 bits per heavy atom. The first-order valence-electron chi connectivity index (χ1n) is 8.72. The van der Waals surface area contributed by atoms with Crippen molar-refractivity contribution >= 4 is 24.1 Å². The van der Waals surface area contributed by atoms with Crippen LogP contribution in [0.5, 0.6) is 11.5 Å². The van der Waals surface area contributed by atoms with Crippen molar-refractivity contribution < 1.29 is 14.6 Å². The van der Waals surface area contributed by atoms with Gasteiger partial charge in [-0.3, -0.25) is 0 Å². The minimum absolute atomic E-state index is 0.134. The number of phenolic OH excluding ortho intramolecular Hbond substituents is 1. The second kappa shape index (κ2) is 8.42. The number of anilines is 1. The molecule has 0 radical (unpaired) electrons. The van der Waals surface area contributed by atoms with E-state index in [1.165, 1.54) is 18.7 Å². The van der Waals surface area contributed by atoms with Crippen LogP contribution in [0.25, 0.3) is 12.2 Å². The summed E-state index contributed by atoms with van der Waals surface area (Å²) in [5.74, 6) is 0.197. The molecule has 2 heterocycles. The number of nitrogens with zero attached hydrogens (tertiary/aromatic N) is 6. The van der Waals surface area contributed by atoms with Crippen LogP contribution in [0.1, 0.15) is 33.1 Å². The third kappa shape index (κ3) is 4.89. The zero-order chi connectivity index (χ0) is 21.0. The third-order valence-corrected chi connectivity index (χ3v) is 3.91. The van der Waals surface area contributed by atoms with Gasteiger partial charge in [0.15, 0.2) is 11.6 Å². The highest BCUT2D eigenvalue weighted by Gasteiger charge is 2.16. The molecule has 148 valence electrons. The molecule has 29 heavy (non-hydrogen) atoms. The zero-order valence-electron chi connectivity index (χ0n) is 16.5. The summed E-state index contributed by atoms with van der Waals surface area (Å²) >= 11 is 0. The number of aryl methyl sites for hydroxylation is 2. The lowest BCUT2D eigenvalue weighted by atomic mass is 10.1. The Morgan fingerprint density at radius 1 is 1.03 bits per heavy atom. The molecule has 1 N–H and O–H groups in total. The average molecular weight is 392 g/mol. The van der Waals surface area contributed by atoms with Gasteiger partial charge in [0.2, 0.25) is 11.8 Å². The van der Waals surface area contributed by atoms with Crippen LogP contribution in [0.15, 0.2) is 30.9 Å². The van der Waals surface area contributed by atoms with Crippen molar-refractivity contribution in [2.24, 2.45) is 0 Å². The van der Waals surface area contributed by atoms with Gasteiger partial charge >= 0.3 is 5.97 Å². The molecule has 2 aromatic heterocycles. The van der Waals surface area contributed by atoms with Crippen LogP contribution in [0.4, 0.5) is 5.95 Å². The van der Waals surface area contributed by atoms with E-state index in [1.807, 2.05) is 26.0 Å². The Morgan fingerprint density at radius 2 is 1.69 bits per heavy atom. The lowest BCUT2D eigenvalue weighted by molar-refractivity contribution is 0.0720. The topological polar surface area (TPSA) is 114 Å². The Bertz CT molecular complexity index is 1040. The summed E-state index contributed by atoms with van der Waals surface area (Å²) < 4.78 is 5.21. The van der Waals surface area contributed by atoms with Gasteiger partial charge in [-0.1, -0.05) is 6.08 Å². The molecule has 0 bridgehead atoms. The minimum atomic E-state index is -0.740. The largest absolute Gasteiger partial charge is 0.507 e. The summed E-state index contributed by atoms with van der Waals surface area (Å²) in [6, 6.07) is 3.69. The first-order chi connectivity index (χ1) is 13.8. The number of ether oxygens (including phenoxy) is 1. The monoisotopic (exact) mass is 392 g/mol. The number of carbonyl (C=O) groups excluding carboxylic acids is 1. The number of phenols is 1. The quantitative estimate of drug-likeness (QED) is 0.654. The van der Waals surface area contributed by atoms with Crippen molar-refractivity contribution in [3.05, 3.63) is 59.2 Å². The van der Waals surface area contributed by atoms with E-state index in [0.29, 0.717) is 11.8 Å². The molecule has 1 aromatic carbocycles. The van der Waals surface area contributed by atoms with Crippen LogP contribution in [0.2, 0.25) is 0 Å². The summed E-state index contributed by atoms with van der Waals surface area (Å²) in [5.41, 5.74) is 2.41. The molecule has 9 heteroatoms. The first kappa shape index (κ1) is 19.9. The maximum absolute atomic E-state index is 12.4. The third-order valence-electron chi connectivity index (χ3n) is 3.91. The lowest BCUT2D eigenvalue weighted by Crippen LogP contribution is -2.20. The second-order valence-corrected chi connectivity index (χ2v) is 6.51. The van der Waals surface area contributed by atoms with Gasteiger partial charge in [-0.15, -0.1) is 0 Å². The van der Waals surface area contributed by atoms with E-state index < -0.39 is 5.97 Å². The SMILES string of the molecule is Cc1cc(C=Cc2nc(C(=O)Oc3cncnc3)nc(N(C)C)n2)cc(C)c1O. The van der Waals surface area contributed by atoms with Crippen LogP contribution in [0.3, 0.4) is 0 Å². The molecule has 0 aliphatic carbocycles. The van der Waals surface area contributed by atoms with Gasteiger partial charge in [-0.25, -0.2) is 19.7 Å². The number of carbonyl (C=O) groups is 1. The van der Waals surface area contributed by atoms with Gasteiger partial charge in [-0.2, -0.15) is 9.97 Å². The van der Waals surface area contributed by atoms with Gasteiger partial charge in [0.05, 0.1) is 12.4 Å². The number of rotatable bonds is 5. The average Bonchev–Trinajstić information content (AvgIpc) is 2.70. The molecule has 0 fully saturated rings. The highest BCUT2D eigenvalue weighted by molar-refractivity contribution is 5.87. The van der Waals surface area contributed by atoms with Crippen molar-refractivity contribution in [2.45, 2.75) is 13.8 Å². The molecule has 0 unspecified atom stereocenters. The van der Waals surface area contributed by atoms with Gasteiger partial charge in [0.25, 0.3) is 0 Å². The zero-order valence-corrected chi connectivity index (χ0v) is 16.5. The fraction of sp³-hybridized carbons (Fsp3) is 0.200. The number of hydrogen-bond acceptors (Lipinski definition) is 9. The predicted octanol–water partition coefficient (Wildman–Crippen LogP) is 2.44. The van der Waals surface area contributed by atoms with Gasteiger partial charge in [-0.05, 0) is 48.7 Å². The van der Waals surface area contributed by atoms with E-state index in [-0.39, 0.29) is 17.3 Å². The van der Waals surface area contributed by atoms with Gasteiger partial charge in [0, 0.05) is 14.1 Å². The molecular formula is C20H20N6O3. The number of benzene rings is 1. The van der Waals surface area contributed by atoms with Crippen LogP contribution < -0.4 is 9.64 Å². The van der Waals surface area contributed by atoms with E-state index in [9.17, 15) is 9.90 Å². The lowest BCUT2D eigenvalue weighted by Gasteiger charge is -2.11. The summed E-state index contributed by atoms with van der Waals surface area (Å²) in [4.78, 5) is 34.4. The van der Waals surface area contributed by atoms with Crippen molar-refractivity contribution in [3.8, 4) is 11.5 Å². The Balaban J connectivity index is 1.91. The van der Waals surface area contributed by atoms with Gasteiger partial charge < -0.3 is 14.7 Å². The van der Waals surface area contributed by atoms with Crippen molar-refractivity contribution in [1.82, 2.24) is 24.9 Å². The summed E-state index contributed by atoms with van der Waals surface area (Å²) in [6.07, 6.45) is 7.54. The summed E-state index contributed by atoms with van der Waals surface area (Å²) in [5, 5.41) is 9.91. The summed E-state index contributed by atoms with van der Waals surface area (Å²) in [7, 11) is 3.52. The maximum atomic E-state index is 12.4. The number of hydrogen-bond donors (Lipinski definition) is 1. The first-order valence-corrected chi connectivity index (χ1v) is 8.72. The highest BCUT2D eigenvalue weighted by atomic mass is 16.5. The molecule has 0 amide bonds. The molecule has 0 saturated carbocycles. The molecule has 0 saturated heterocycles. The van der Waals surface area contributed by atoms with Gasteiger partial charge in [0.1, 0.15) is 12.1 Å².